The molecule has 3 heterocycles. The van der Waals surface area contributed by atoms with Crippen molar-refractivity contribution in [1.29, 1.82) is 0 Å². The maximum atomic E-state index is 12.6. The zero-order chi connectivity index (χ0) is 24.7. The van der Waals surface area contributed by atoms with Crippen LogP contribution in [0, 0.1) is 0 Å². The monoisotopic (exact) mass is 483 g/mol. The van der Waals surface area contributed by atoms with Crippen LogP contribution in [0.15, 0.2) is 49.4 Å². The molecule has 2 amide bonds. The van der Waals surface area contributed by atoms with Gasteiger partial charge in [-0.1, -0.05) is 18.2 Å². The topological polar surface area (TPSA) is 128 Å². The lowest BCUT2D eigenvalue weighted by Gasteiger charge is -2.17. The number of nitrogens with one attached hydrogen (secondary N) is 1. The van der Waals surface area contributed by atoms with Crippen molar-refractivity contribution in [1.82, 2.24) is 24.6 Å². The van der Waals surface area contributed by atoms with Gasteiger partial charge in [-0.25, -0.2) is 4.98 Å². The summed E-state index contributed by atoms with van der Waals surface area (Å²) in [5.74, 6) is 0.188. The molecule has 1 saturated heterocycles. The number of nitrogen functional groups attached to an aromatic ring is 1. The number of ether oxygens (including phenoxy) is 1. The van der Waals surface area contributed by atoms with Gasteiger partial charge in [0.1, 0.15) is 5.02 Å². The average Bonchev–Trinajstić information content (AvgIpc) is 3.53. The number of methoxy groups -OCH3 is 1. The maximum Gasteiger partial charge on any atom is 0.253 e. The van der Waals surface area contributed by atoms with Crippen molar-refractivity contribution in [3.05, 3.63) is 60.0 Å². The lowest BCUT2D eigenvalue weighted by molar-refractivity contribution is -0.111. The molecule has 3 N–H and O–H groups in total. The number of likely N-dealkylation sites (tertiary alicyclic amines) is 1. The molecule has 1 aromatic carbocycles. The number of rotatable bonds is 5. The van der Waals surface area contributed by atoms with Gasteiger partial charge in [0, 0.05) is 48.7 Å². The normalized spacial score (nSPS) is 12.5. The minimum atomic E-state index is -0.293. The fourth-order valence-electron chi connectivity index (χ4n) is 3.38. The van der Waals surface area contributed by atoms with Gasteiger partial charge in [-0.15, -0.1) is 0 Å². The third kappa shape index (κ3) is 6.10. The molecular formula is C23H26ClN7O3. The first-order valence-corrected chi connectivity index (χ1v) is 10.9. The number of amides is 2. The minimum Gasteiger partial charge on any atom is -0.480 e. The van der Waals surface area contributed by atoms with Gasteiger partial charge in [0.25, 0.3) is 5.91 Å². The van der Waals surface area contributed by atoms with Crippen LogP contribution < -0.4 is 15.8 Å². The maximum absolute atomic E-state index is 12.6. The fraction of sp³-hybridized carbons (Fsp3) is 0.261. The molecule has 2 aromatic heterocycles. The van der Waals surface area contributed by atoms with Crippen LogP contribution >= 0.6 is 11.6 Å². The molecule has 178 valence electrons. The molecule has 11 heteroatoms. The minimum absolute atomic E-state index is 0.0271. The van der Waals surface area contributed by atoms with E-state index in [2.05, 4.69) is 27.0 Å². The summed E-state index contributed by atoms with van der Waals surface area (Å²) >= 11 is 5.59. The molecule has 10 nitrogen and oxygen atoms in total. The van der Waals surface area contributed by atoms with E-state index in [9.17, 15) is 9.59 Å². The summed E-state index contributed by atoms with van der Waals surface area (Å²) in [5.41, 5.74) is 8.10. The molecule has 1 aliphatic rings. The second-order valence-electron chi connectivity index (χ2n) is 7.44. The van der Waals surface area contributed by atoms with Crippen molar-refractivity contribution in [3.8, 4) is 17.0 Å². The number of anilines is 2. The van der Waals surface area contributed by atoms with E-state index in [0.717, 1.165) is 37.1 Å². The Bertz CT molecular complexity index is 1190. The van der Waals surface area contributed by atoms with Crippen molar-refractivity contribution in [2.75, 3.05) is 31.2 Å². The third-order valence-corrected chi connectivity index (χ3v) is 5.30. The van der Waals surface area contributed by atoms with Crippen LogP contribution in [0.4, 0.5) is 11.6 Å². The predicted molar refractivity (Wildman–Crippen MR) is 131 cm³/mol. The summed E-state index contributed by atoms with van der Waals surface area (Å²) in [7, 11) is 3.29. The zero-order valence-electron chi connectivity index (χ0n) is 19.0. The summed E-state index contributed by atoms with van der Waals surface area (Å²) in [5, 5.41) is 7.32. The highest BCUT2D eigenvalue weighted by Gasteiger charge is 2.21. The van der Waals surface area contributed by atoms with Crippen molar-refractivity contribution in [3.63, 3.8) is 0 Å². The Balaban J connectivity index is 0.000000271. The number of hydrogen-bond donors (Lipinski definition) is 2. The van der Waals surface area contributed by atoms with Crippen LogP contribution in [0.1, 0.15) is 23.2 Å². The predicted octanol–water partition coefficient (Wildman–Crippen LogP) is 3.17. The molecule has 0 bridgehead atoms. The summed E-state index contributed by atoms with van der Waals surface area (Å²) < 4.78 is 6.45. The van der Waals surface area contributed by atoms with Crippen LogP contribution in [-0.4, -0.2) is 56.7 Å². The molecule has 3 aromatic rings. The van der Waals surface area contributed by atoms with E-state index in [4.69, 9.17) is 22.1 Å². The van der Waals surface area contributed by atoms with Gasteiger partial charge in [0.15, 0.2) is 0 Å². The summed E-state index contributed by atoms with van der Waals surface area (Å²) in [6.07, 6.45) is 8.27. The highest BCUT2D eigenvalue weighted by molar-refractivity contribution is 6.31. The number of hydrogen-bond acceptors (Lipinski definition) is 7. The zero-order valence-corrected chi connectivity index (χ0v) is 19.7. The lowest BCUT2D eigenvalue weighted by Crippen LogP contribution is -2.27. The van der Waals surface area contributed by atoms with Crippen molar-refractivity contribution in [2.24, 2.45) is 7.05 Å². The number of halogens is 1. The first-order valence-electron chi connectivity index (χ1n) is 10.5. The quantitative estimate of drug-likeness (QED) is 0.533. The Morgan fingerprint density at radius 2 is 2.00 bits per heavy atom. The molecular weight excluding hydrogens is 458 g/mol. The molecule has 0 radical (unpaired) electrons. The van der Waals surface area contributed by atoms with Gasteiger partial charge < -0.3 is 20.7 Å². The number of nitrogens with two attached hydrogens (primary N) is 1. The number of benzene rings is 1. The van der Waals surface area contributed by atoms with Crippen LogP contribution in [0.5, 0.6) is 5.88 Å². The highest BCUT2D eigenvalue weighted by atomic mass is 35.5. The molecule has 0 saturated carbocycles. The van der Waals surface area contributed by atoms with Gasteiger partial charge in [-0.2, -0.15) is 10.1 Å². The summed E-state index contributed by atoms with van der Waals surface area (Å²) in [4.78, 5) is 33.5. The van der Waals surface area contributed by atoms with E-state index in [1.807, 2.05) is 24.2 Å². The Labute approximate surface area is 202 Å². The first-order chi connectivity index (χ1) is 16.3. The van der Waals surface area contributed by atoms with E-state index in [1.165, 1.54) is 19.4 Å². The van der Waals surface area contributed by atoms with Crippen LogP contribution in [0.25, 0.3) is 11.1 Å². The van der Waals surface area contributed by atoms with Crippen molar-refractivity contribution >= 4 is 35.1 Å². The first kappa shape index (κ1) is 24.7. The second kappa shape index (κ2) is 11.3. The van der Waals surface area contributed by atoms with Crippen LogP contribution in [0.3, 0.4) is 0 Å². The molecule has 1 aliphatic heterocycles. The van der Waals surface area contributed by atoms with E-state index in [1.54, 1.807) is 23.0 Å². The van der Waals surface area contributed by atoms with Crippen molar-refractivity contribution in [2.45, 2.75) is 12.8 Å². The van der Waals surface area contributed by atoms with Gasteiger partial charge in [-0.05, 0) is 37.1 Å². The average molecular weight is 484 g/mol. The Kier molecular flexibility index (Phi) is 8.20. The molecule has 0 unspecified atom stereocenters. The van der Waals surface area contributed by atoms with Crippen LogP contribution in [0.2, 0.25) is 5.02 Å². The van der Waals surface area contributed by atoms with Gasteiger partial charge in [-0.3, -0.25) is 14.3 Å². The number of carbonyl (C=O) groups is 2. The van der Waals surface area contributed by atoms with Crippen molar-refractivity contribution < 1.29 is 14.3 Å². The fourth-order valence-corrected chi connectivity index (χ4v) is 3.55. The lowest BCUT2D eigenvalue weighted by atomic mass is 10.0. The van der Waals surface area contributed by atoms with Gasteiger partial charge in [0.05, 0.1) is 19.5 Å². The second-order valence-corrected chi connectivity index (χ2v) is 7.85. The molecule has 34 heavy (non-hydrogen) atoms. The van der Waals surface area contributed by atoms with Gasteiger partial charge in [0.2, 0.25) is 17.7 Å². The third-order valence-electron chi connectivity index (χ3n) is 5.04. The van der Waals surface area contributed by atoms with E-state index >= 15 is 0 Å². The van der Waals surface area contributed by atoms with E-state index in [-0.39, 0.29) is 17.8 Å². The molecule has 0 spiro atoms. The largest absolute Gasteiger partial charge is 0.480 e. The van der Waals surface area contributed by atoms with E-state index < -0.39 is 0 Å². The van der Waals surface area contributed by atoms with E-state index in [0.29, 0.717) is 22.2 Å². The Morgan fingerprint density at radius 1 is 1.26 bits per heavy atom. The Hall–Kier alpha value is -3.92. The molecule has 4 rings (SSSR count). The number of aryl methyl sites for hydroxylation is 1. The number of nitrogens with zero attached hydrogens (tertiary/aromatic N) is 5. The smallest absolute Gasteiger partial charge is 0.253 e. The summed E-state index contributed by atoms with van der Waals surface area (Å²) in [6.45, 7) is 5.08. The van der Waals surface area contributed by atoms with Gasteiger partial charge >= 0.3 is 0 Å². The van der Waals surface area contributed by atoms with Crippen LogP contribution in [-0.2, 0) is 11.8 Å². The number of aromatic nitrogens is 4. The number of carbonyl (C=O) groups excluding carboxylic acids is 2. The molecule has 0 aliphatic carbocycles. The summed E-state index contributed by atoms with van der Waals surface area (Å²) in [6, 6.07) is 5.32. The standard InChI is InChI=1S/C18H20N4O2.C5H6ClN3O/c1-3-17(23)20-16-7-6-13(18(24)22-8-4-5-9-22)10-15(16)14-11-19-21(2)12-14;1-10-4-3(6)2-8-5(7)9-4/h3,6-7,10-12H,1,4-5,8-9H2,2H3,(H,20,23);2H,1H3,(H2,7,8,9). The SMILES string of the molecule is C=CC(=O)Nc1ccc(C(=O)N2CCCC2)cc1-c1cnn(C)c1.COc1nc(N)ncc1Cl. The Morgan fingerprint density at radius 3 is 2.59 bits per heavy atom. The molecule has 1 fully saturated rings. The highest BCUT2D eigenvalue weighted by Crippen LogP contribution is 2.30. The molecule has 0 atom stereocenters.